The van der Waals surface area contributed by atoms with E-state index >= 15 is 0 Å². The number of amides is 1. The van der Waals surface area contributed by atoms with Crippen LogP contribution in [0.4, 0.5) is 5.69 Å². The molecule has 0 aliphatic carbocycles. The molecule has 0 spiro atoms. The highest BCUT2D eigenvalue weighted by Crippen LogP contribution is 2.47. The molecule has 28 heavy (non-hydrogen) atoms. The lowest BCUT2D eigenvalue weighted by Crippen LogP contribution is -2.47. The van der Waals surface area contributed by atoms with Crippen molar-refractivity contribution < 1.29 is 9.53 Å². The van der Waals surface area contributed by atoms with E-state index in [9.17, 15) is 4.79 Å². The van der Waals surface area contributed by atoms with Crippen molar-refractivity contribution in [2.45, 2.75) is 37.9 Å². The Morgan fingerprint density at radius 3 is 2.64 bits per heavy atom. The Kier molecular flexibility index (Phi) is 5.83. The predicted molar refractivity (Wildman–Crippen MR) is 120 cm³/mol. The first-order valence-electron chi connectivity index (χ1n) is 10.2. The summed E-state index contributed by atoms with van der Waals surface area (Å²) in [5.74, 6) is 2.23. The van der Waals surface area contributed by atoms with E-state index in [2.05, 4.69) is 27.3 Å². The number of fused-ring (bicyclic) bond motifs is 6. The monoisotopic (exact) mass is 496 g/mol. The van der Waals surface area contributed by atoms with Crippen molar-refractivity contribution in [3.8, 4) is 0 Å². The number of carbonyl (C=O) groups excluding carboxylic acids is 1. The Morgan fingerprint density at radius 1 is 1.21 bits per heavy atom. The minimum atomic E-state index is 0. The van der Waals surface area contributed by atoms with E-state index in [1.807, 2.05) is 24.1 Å². The quantitative estimate of drug-likeness (QED) is 0.388. The molecular weight excluding hydrogens is 467 g/mol. The summed E-state index contributed by atoms with van der Waals surface area (Å²) in [7, 11) is 1.81. The number of benzene rings is 1. The number of para-hydroxylation sites is 1. The second kappa shape index (κ2) is 8.18. The first-order chi connectivity index (χ1) is 13.2. The summed E-state index contributed by atoms with van der Waals surface area (Å²) in [4.78, 5) is 21.6. The van der Waals surface area contributed by atoms with Crippen molar-refractivity contribution in [2.24, 2.45) is 16.8 Å². The normalized spacial score (nSPS) is 30.7. The number of nitrogens with zero attached hydrogens (tertiary/aromatic N) is 3. The molecule has 4 aliphatic heterocycles. The van der Waals surface area contributed by atoms with E-state index in [0.29, 0.717) is 24.0 Å². The minimum Gasteiger partial charge on any atom is -0.374 e. The number of nitrogens with one attached hydrogen (secondary N) is 1. The van der Waals surface area contributed by atoms with E-state index in [0.717, 1.165) is 44.1 Å². The molecule has 4 atom stereocenters. The smallest absolute Gasteiger partial charge is 0.246 e. The topological polar surface area (TPSA) is 57.2 Å². The molecule has 0 aromatic heterocycles. The van der Waals surface area contributed by atoms with Gasteiger partial charge in [-0.05, 0) is 37.3 Å². The molecular formula is C21H29IN4O2. The molecule has 1 N–H and O–H groups in total. The summed E-state index contributed by atoms with van der Waals surface area (Å²) in [6.45, 7) is 3.07. The number of likely N-dealkylation sites (tertiary alicyclic amines) is 1. The Labute approximate surface area is 183 Å². The SMILES string of the molecule is CN=C(NCC(=O)N1CCCc2ccccc21)N1CC2C3CCC(O3)C2C1.I. The van der Waals surface area contributed by atoms with Gasteiger partial charge in [0.15, 0.2) is 5.96 Å². The number of anilines is 1. The molecule has 0 saturated carbocycles. The lowest BCUT2D eigenvalue weighted by atomic mass is 9.82. The van der Waals surface area contributed by atoms with Crippen molar-refractivity contribution in [2.75, 3.05) is 38.1 Å². The highest BCUT2D eigenvalue weighted by molar-refractivity contribution is 14.0. The predicted octanol–water partition coefficient (Wildman–Crippen LogP) is 2.27. The van der Waals surface area contributed by atoms with E-state index < -0.39 is 0 Å². The lowest BCUT2D eigenvalue weighted by molar-refractivity contribution is -0.117. The van der Waals surface area contributed by atoms with Crippen molar-refractivity contribution in [1.82, 2.24) is 10.2 Å². The third kappa shape index (κ3) is 3.40. The Bertz CT molecular complexity index is 753. The minimum absolute atomic E-state index is 0. The van der Waals surface area contributed by atoms with E-state index in [4.69, 9.17) is 4.74 Å². The summed E-state index contributed by atoms with van der Waals surface area (Å²) in [5, 5.41) is 3.32. The molecule has 4 unspecified atom stereocenters. The maximum Gasteiger partial charge on any atom is 0.246 e. The fraction of sp³-hybridized carbons (Fsp3) is 0.619. The molecule has 4 aliphatic rings. The van der Waals surface area contributed by atoms with E-state index in [-0.39, 0.29) is 36.4 Å². The number of ether oxygens (including phenoxy) is 1. The van der Waals surface area contributed by atoms with Crippen molar-refractivity contribution in [3.05, 3.63) is 29.8 Å². The van der Waals surface area contributed by atoms with Gasteiger partial charge in [-0.3, -0.25) is 9.79 Å². The van der Waals surface area contributed by atoms with Gasteiger partial charge in [0.1, 0.15) is 0 Å². The van der Waals surface area contributed by atoms with Gasteiger partial charge in [0.05, 0.1) is 18.8 Å². The van der Waals surface area contributed by atoms with Gasteiger partial charge in [0.2, 0.25) is 5.91 Å². The van der Waals surface area contributed by atoms with Crippen LogP contribution in [0.1, 0.15) is 24.8 Å². The van der Waals surface area contributed by atoms with Gasteiger partial charge < -0.3 is 19.9 Å². The fourth-order valence-electron chi connectivity index (χ4n) is 5.51. The number of rotatable bonds is 2. The summed E-state index contributed by atoms with van der Waals surface area (Å²) < 4.78 is 6.06. The average molecular weight is 496 g/mol. The van der Waals surface area contributed by atoms with Crippen LogP contribution in [0.25, 0.3) is 0 Å². The zero-order chi connectivity index (χ0) is 18.4. The molecule has 1 amide bonds. The van der Waals surface area contributed by atoms with Gasteiger partial charge in [0, 0.05) is 44.2 Å². The summed E-state index contributed by atoms with van der Waals surface area (Å²) >= 11 is 0. The van der Waals surface area contributed by atoms with Crippen LogP contribution in [0.2, 0.25) is 0 Å². The van der Waals surface area contributed by atoms with Crippen molar-refractivity contribution in [3.63, 3.8) is 0 Å². The highest BCUT2D eigenvalue weighted by Gasteiger charge is 2.53. The van der Waals surface area contributed by atoms with Gasteiger partial charge in [0.25, 0.3) is 0 Å². The molecule has 4 heterocycles. The molecule has 1 aromatic carbocycles. The Balaban J connectivity index is 0.00000192. The van der Waals surface area contributed by atoms with Gasteiger partial charge in [-0.1, -0.05) is 18.2 Å². The van der Waals surface area contributed by atoms with Crippen LogP contribution in [-0.2, 0) is 16.0 Å². The number of aliphatic imine (C=N–C) groups is 1. The number of carbonyl (C=O) groups is 1. The van der Waals surface area contributed by atoms with E-state index in [1.165, 1.54) is 18.4 Å². The zero-order valence-corrected chi connectivity index (χ0v) is 18.7. The van der Waals surface area contributed by atoms with Crippen LogP contribution in [0, 0.1) is 11.8 Å². The molecule has 0 radical (unpaired) electrons. The number of guanidine groups is 1. The van der Waals surface area contributed by atoms with Crippen molar-refractivity contribution >= 4 is 41.5 Å². The second-order valence-corrected chi connectivity index (χ2v) is 8.20. The Morgan fingerprint density at radius 2 is 1.93 bits per heavy atom. The van der Waals surface area contributed by atoms with E-state index in [1.54, 1.807) is 0 Å². The molecule has 2 bridgehead atoms. The number of aryl methyl sites for hydroxylation is 1. The van der Waals surface area contributed by atoms with Gasteiger partial charge in [-0.25, -0.2) is 0 Å². The number of hydrogen-bond acceptors (Lipinski definition) is 3. The van der Waals surface area contributed by atoms with Crippen LogP contribution >= 0.6 is 24.0 Å². The van der Waals surface area contributed by atoms with Crippen molar-refractivity contribution in [1.29, 1.82) is 0 Å². The molecule has 3 saturated heterocycles. The molecule has 3 fully saturated rings. The van der Waals surface area contributed by atoms with Gasteiger partial charge >= 0.3 is 0 Å². The summed E-state index contributed by atoms with van der Waals surface area (Å²) in [6, 6.07) is 8.24. The van der Waals surface area contributed by atoms with Crippen LogP contribution < -0.4 is 10.2 Å². The largest absolute Gasteiger partial charge is 0.374 e. The van der Waals surface area contributed by atoms with Crippen LogP contribution in [0.5, 0.6) is 0 Å². The molecule has 5 rings (SSSR count). The summed E-state index contributed by atoms with van der Waals surface area (Å²) in [6.07, 6.45) is 5.37. The maximum absolute atomic E-state index is 12.9. The fourth-order valence-corrected chi connectivity index (χ4v) is 5.51. The van der Waals surface area contributed by atoms with Crippen LogP contribution in [0.3, 0.4) is 0 Å². The molecule has 152 valence electrons. The summed E-state index contributed by atoms with van der Waals surface area (Å²) in [5.41, 5.74) is 2.33. The first-order valence-corrected chi connectivity index (χ1v) is 10.2. The third-order valence-electron chi connectivity index (χ3n) is 6.77. The number of halogens is 1. The molecule has 1 aromatic rings. The van der Waals surface area contributed by atoms with Gasteiger partial charge in [-0.2, -0.15) is 0 Å². The third-order valence-corrected chi connectivity index (χ3v) is 6.77. The van der Waals surface area contributed by atoms with Gasteiger partial charge in [-0.15, -0.1) is 24.0 Å². The maximum atomic E-state index is 12.9. The first kappa shape index (κ1) is 19.9. The Hall–Kier alpha value is -1.35. The van der Waals surface area contributed by atoms with Crippen LogP contribution in [-0.4, -0.2) is 62.2 Å². The standard InChI is InChI=1S/C21H28N4O2.HI/c1-22-21(24-12-15-16(13-24)19-9-8-18(15)27-19)23-11-20(26)25-10-4-6-14-5-2-3-7-17(14)25;/h2-3,5,7,15-16,18-19H,4,6,8-13H2,1H3,(H,22,23);1H. The average Bonchev–Trinajstić information content (AvgIpc) is 3.41. The zero-order valence-electron chi connectivity index (χ0n) is 16.3. The second-order valence-electron chi connectivity index (χ2n) is 8.20. The molecule has 7 heteroatoms. The number of hydrogen-bond donors (Lipinski definition) is 1. The van der Waals surface area contributed by atoms with Crippen LogP contribution in [0.15, 0.2) is 29.3 Å². The molecule has 6 nitrogen and oxygen atoms in total. The highest BCUT2D eigenvalue weighted by atomic mass is 127. The lowest BCUT2D eigenvalue weighted by Gasteiger charge is -2.30.